The summed E-state index contributed by atoms with van der Waals surface area (Å²) in [6.07, 6.45) is 7.68. The number of hydrogen-bond donors (Lipinski definition) is 0. The van der Waals surface area contributed by atoms with Gasteiger partial charge in [0.05, 0.1) is 10.9 Å². The lowest BCUT2D eigenvalue weighted by Gasteiger charge is -2.13. The summed E-state index contributed by atoms with van der Waals surface area (Å²) in [5.74, 6) is 0.759. The Labute approximate surface area is 161 Å². The first kappa shape index (κ1) is 16.5. The van der Waals surface area contributed by atoms with E-state index in [2.05, 4.69) is 85.4 Å². The first-order valence-electron chi connectivity index (χ1n) is 10.1. The zero-order valence-corrected chi connectivity index (χ0v) is 16.2. The smallest absolute Gasteiger partial charge is 0.200 e. The predicted molar refractivity (Wildman–Crippen MR) is 114 cm³/mol. The maximum atomic E-state index is 2.44. The van der Waals surface area contributed by atoms with Gasteiger partial charge in [-0.2, -0.15) is 0 Å². The molecule has 1 aromatic heterocycles. The summed E-state index contributed by atoms with van der Waals surface area (Å²) in [4.78, 5) is 0. The molecule has 1 fully saturated rings. The van der Waals surface area contributed by atoms with Gasteiger partial charge in [-0.05, 0) is 65.1 Å². The number of benzene rings is 3. The standard InChI is InChI=1S/C26H26N/c1-18-23-10-6-5-9-20(23)11-13-24(18)26-25-14-12-21(19-7-3-4-8-19)17-22(25)15-16-27(26)2/h5-6,9-17,19H,3-4,7-8H2,1-2H3/q+1. The highest BCUT2D eigenvalue weighted by atomic mass is 14.9. The van der Waals surface area contributed by atoms with Crippen LogP contribution in [0.5, 0.6) is 0 Å². The minimum atomic E-state index is 0.759. The molecule has 0 atom stereocenters. The van der Waals surface area contributed by atoms with Crippen LogP contribution >= 0.6 is 0 Å². The predicted octanol–water partition coefficient (Wildman–Crippen LogP) is 6.45. The zero-order valence-electron chi connectivity index (χ0n) is 16.2. The number of hydrogen-bond acceptors (Lipinski definition) is 0. The van der Waals surface area contributed by atoms with Crippen LogP contribution in [0.3, 0.4) is 0 Å². The van der Waals surface area contributed by atoms with Gasteiger partial charge in [0, 0.05) is 6.07 Å². The molecule has 0 spiro atoms. The van der Waals surface area contributed by atoms with Crippen molar-refractivity contribution >= 4 is 21.5 Å². The normalized spacial score (nSPS) is 15.0. The van der Waals surface area contributed by atoms with Crippen molar-refractivity contribution in [2.24, 2.45) is 7.05 Å². The average molecular weight is 353 g/mol. The highest BCUT2D eigenvalue weighted by molar-refractivity contribution is 5.98. The van der Waals surface area contributed by atoms with Gasteiger partial charge in [-0.25, -0.2) is 4.57 Å². The third-order valence-electron chi connectivity index (χ3n) is 6.44. The Morgan fingerprint density at radius 3 is 2.48 bits per heavy atom. The van der Waals surface area contributed by atoms with E-state index in [1.165, 1.54) is 69.6 Å². The van der Waals surface area contributed by atoms with E-state index in [1.807, 2.05) is 0 Å². The largest absolute Gasteiger partial charge is 0.220 e. The molecule has 1 heterocycles. The van der Waals surface area contributed by atoms with Gasteiger partial charge in [0.15, 0.2) is 6.20 Å². The van der Waals surface area contributed by atoms with E-state index in [0.29, 0.717) is 0 Å². The van der Waals surface area contributed by atoms with Gasteiger partial charge in [0.25, 0.3) is 0 Å². The minimum absolute atomic E-state index is 0.759. The second-order valence-electron chi connectivity index (χ2n) is 8.06. The summed E-state index contributed by atoms with van der Waals surface area (Å²) in [5, 5.41) is 5.36. The molecule has 0 unspecified atom stereocenters. The van der Waals surface area contributed by atoms with Crippen molar-refractivity contribution in [3.8, 4) is 11.3 Å². The molecule has 0 amide bonds. The van der Waals surface area contributed by atoms with Crippen LogP contribution in [0.25, 0.3) is 32.8 Å². The highest BCUT2D eigenvalue weighted by Crippen LogP contribution is 2.37. The van der Waals surface area contributed by atoms with E-state index in [4.69, 9.17) is 0 Å². The Morgan fingerprint density at radius 1 is 0.815 bits per heavy atom. The van der Waals surface area contributed by atoms with E-state index < -0.39 is 0 Å². The van der Waals surface area contributed by atoms with Crippen LogP contribution in [0.1, 0.15) is 42.7 Å². The first-order chi connectivity index (χ1) is 13.2. The van der Waals surface area contributed by atoms with Crippen molar-refractivity contribution in [3.05, 3.63) is 78.0 Å². The lowest BCUT2D eigenvalue weighted by atomic mass is 9.92. The highest BCUT2D eigenvalue weighted by Gasteiger charge is 2.21. The van der Waals surface area contributed by atoms with Gasteiger partial charge < -0.3 is 0 Å². The monoisotopic (exact) mass is 352 g/mol. The van der Waals surface area contributed by atoms with Gasteiger partial charge in [-0.3, -0.25) is 0 Å². The maximum Gasteiger partial charge on any atom is 0.220 e. The Kier molecular flexibility index (Phi) is 3.97. The molecule has 0 bridgehead atoms. The SMILES string of the molecule is Cc1c(-c2c3ccc(C4CCCC4)cc3cc[n+]2C)ccc2ccccc12. The summed E-state index contributed by atoms with van der Waals surface area (Å²) in [7, 11) is 2.16. The number of pyridine rings is 1. The summed E-state index contributed by atoms with van der Waals surface area (Å²) in [6, 6.07) is 22.7. The summed E-state index contributed by atoms with van der Waals surface area (Å²) in [5.41, 5.74) is 5.52. The van der Waals surface area contributed by atoms with Crippen molar-refractivity contribution in [3.63, 3.8) is 0 Å². The summed E-state index contributed by atoms with van der Waals surface area (Å²) < 4.78 is 2.27. The summed E-state index contributed by atoms with van der Waals surface area (Å²) in [6.45, 7) is 2.25. The van der Waals surface area contributed by atoms with E-state index in [1.54, 1.807) is 0 Å². The molecule has 0 radical (unpaired) electrons. The number of nitrogens with zero attached hydrogens (tertiary/aromatic N) is 1. The number of aryl methyl sites for hydroxylation is 2. The Hall–Kier alpha value is -2.67. The molecule has 5 rings (SSSR count). The molecule has 1 aliphatic rings. The number of aromatic nitrogens is 1. The van der Waals surface area contributed by atoms with Crippen LogP contribution in [0, 0.1) is 6.92 Å². The van der Waals surface area contributed by atoms with Crippen LogP contribution in [0.2, 0.25) is 0 Å². The van der Waals surface area contributed by atoms with Crippen LogP contribution in [0.15, 0.2) is 66.9 Å². The fourth-order valence-corrected chi connectivity index (χ4v) is 4.92. The Balaban J connectivity index is 1.73. The third-order valence-corrected chi connectivity index (χ3v) is 6.44. The quantitative estimate of drug-likeness (QED) is 0.365. The lowest BCUT2D eigenvalue weighted by Crippen LogP contribution is -2.30. The van der Waals surface area contributed by atoms with Gasteiger partial charge in [-0.15, -0.1) is 0 Å². The van der Waals surface area contributed by atoms with Gasteiger partial charge in [0.2, 0.25) is 5.69 Å². The van der Waals surface area contributed by atoms with Crippen molar-refractivity contribution in [2.45, 2.75) is 38.5 Å². The molecule has 0 saturated heterocycles. The van der Waals surface area contributed by atoms with Crippen molar-refractivity contribution in [1.29, 1.82) is 0 Å². The lowest BCUT2D eigenvalue weighted by molar-refractivity contribution is -0.659. The van der Waals surface area contributed by atoms with E-state index >= 15 is 0 Å². The minimum Gasteiger partial charge on any atom is -0.200 e. The molecule has 1 aliphatic carbocycles. The van der Waals surface area contributed by atoms with Crippen LogP contribution in [-0.2, 0) is 7.05 Å². The fraction of sp³-hybridized carbons (Fsp3) is 0.269. The van der Waals surface area contributed by atoms with E-state index in [-0.39, 0.29) is 0 Å². The molecule has 3 aromatic carbocycles. The second-order valence-corrected chi connectivity index (χ2v) is 8.06. The molecule has 1 heteroatoms. The maximum absolute atomic E-state index is 2.44. The molecule has 134 valence electrons. The number of fused-ring (bicyclic) bond motifs is 2. The van der Waals surface area contributed by atoms with Gasteiger partial charge in [0.1, 0.15) is 7.05 Å². The second kappa shape index (κ2) is 6.49. The van der Waals surface area contributed by atoms with Gasteiger partial charge >= 0.3 is 0 Å². The van der Waals surface area contributed by atoms with Crippen LogP contribution in [-0.4, -0.2) is 0 Å². The van der Waals surface area contributed by atoms with Gasteiger partial charge in [-0.1, -0.05) is 55.3 Å². The molecular weight excluding hydrogens is 326 g/mol. The van der Waals surface area contributed by atoms with Crippen LogP contribution < -0.4 is 4.57 Å². The fourth-order valence-electron chi connectivity index (χ4n) is 4.92. The summed E-state index contributed by atoms with van der Waals surface area (Å²) >= 11 is 0. The first-order valence-corrected chi connectivity index (χ1v) is 10.1. The third kappa shape index (κ3) is 2.73. The van der Waals surface area contributed by atoms with E-state index in [9.17, 15) is 0 Å². The number of rotatable bonds is 2. The molecule has 4 aromatic rings. The topological polar surface area (TPSA) is 3.88 Å². The molecule has 1 nitrogen and oxygen atoms in total. The molecule has 0 aliphatic heterocycles. The van der Waals surface area contributed by atoms with Crippen molar-refractivity contribution in [2.75, 3.05) is 0 Å². The molecule has 0 N–H and O–H groups in total. The Morgan fingerprint density at radius 2 is 1.63 bits per heavy atom. The van der Waals surface area contributed by atoms with E-state index in [0.717, 1.165) is 5.92 Å². The molecular formula is C26H26N+. The van der Waals surface area contributed by atoms with Crippen molar-refractivity contribution < 1.29 is 4.57 Å². The van der Waals surface area contributed by atoms with Crippen molar-refractivity contribution in [1.82, 2.24) is 0 Å². The molecule has 1 saturated carbocycles. The molecule has 27 heavy (non-hydrogen) atoms. The average Bonchev–Trinajstić information content (AvgIpc) is 3.24. The van der Waals surface area contributed by atoms with Crippen LogP contribution in [0.4, 0.5) is 0 Å². The zero-order chi connectivity index (χ0) is 18.4. The Bertz CT molecular complexity index is 1150.